The zero-order valence-electron chi connectivity index (χ0n) is 9.87. The third-order valence-corrected chi connectivity index (χ3v) is 3.51. The summed E-state index contributed by atoms with van der Waals surface area (Å²) in [7, 11) is 2.26. The quantitative estimate of drug-likeness (QED) is 0.670. The first-order valence-corrected chi connectivity index (χ1v) is 6.37. The Kier molecular flexibility index (Phi) is 4.42. The molecule has 2 aliphatic rings. The minimum atomic E-state index is 0.764. The Bertz CT molecular complexity index is 176. The van der Waals surface area contributed by atoms with Crippen LogP contribution in [0.3, 0.4) is 0 Å². The van der Waals surface area contributed by atoms with E-state index in [9.17, 15) is 0 Å². The van der Waals surface area contributed by atoms with Crippen molar-refractivity contribution in [2.75, 3.05) is 33.4 Å². The van der Waals surface area contributed by atoms with Crippen molar-refractivity contribution in [2.24, 2.45) is 0 Å². The molecule has 0 atom stereocenters. The predicted molar refractivity (Wildman–Crippen MR) is 62.1 cm³/mol. The number of hydrogen-bond donors (Lipinski definition) is 1. The van der Waals surface area contributed by atoms with Crippen LogP contribution in [0.4, 0.5) is 0 Å². The molecule has 88 valence electrons. The largest absolute Gasteiger partial charge is 0.381 e. The lowest BCUT2D eigenvalue weighted by Gasteiger charge is -2.31. The van der Waals surface area contributed by atoms with E-state index in [1.165, 1.54) is 45.2 Å². The molecule has 1 heterocycles. The zero-order chi connectivity index (χ0) is 10.5. The van der Waals surface area contributed by atoms with Crippen molar-refractivity contribution >= 4 is 0 Å². The first kappa shape index (κ1) is 11.4. The highest BCUT2D eigenvalue weighted by atomic mass is 16.5. The Morgan fingerprint density at radius 2 is 1.93 bits per heavy atom. The smallest absolute Gasteiger partial charge is 0.0480 e. The van der Waals surface area contributed by atoms with Gasteiger partial charge in [-0.1, -0.05) is 0 Å². The van der Waals surface area contributed by atoms with Crippen LogP contribution in [0.5, 0.6) is 0 Å². The molecule has 1 saturated carbocycles. The van der Waals surface area contributed by atoms with Crippen molar-refractivity contribution in [2.45, 2.75) is 44.2 Å². The molecule has 3 nitrogen and oxygen atoms in total. The van der Waals surface area contributed by atoms with E-state index in [4.69, 9.17) is 4.74 Å². The molecule has 1 aliphatic carbocycles. The number of hydrogen-bond acceptors (Lipinski definition) is 3. The van der Waals surface area contributed by atoms with E-state index in [2.05, 4.69) is 17.3 Å². The minimum Gasteiger partial charge on any atom is -0.381 e. The molecule has 15 heavy (non-hydrogen) atoms. The van der Waals surface area contributed by atoms with Crippen LogP contribution < -0.4 is 5.32 Å². The van der Waals surface area contributed by atoms with Gasteiger partial charge in [0.1, 0.15) is 0 Å². The summed E-state index contributed by atoms with van der Waals surface area (Å²) in [6.45, 7) is 4.33. The second-order valence-electron chi connectivity index (χ2n) is 4.91. The van der Waals surface area contributed by atoms with Crippen LogP contribution in [-0.4, -0.2) is 50.3 Å². The standard InChI is InChI=1S/C12H24N2O/c1-14(12-5-9-15-10-6-12)8-2-7-13-11-3-4-11/h11-13H,2-10H2,1H3. The second-order valence-corrected chi connectivity index (χ2v) is 4.91. The fourth-order valence-corrected chi connectivity index (χ4v) is 2.23. The Morgan fingerprint density at radius 3 is 2.60 bits per heavy atom. The van der Waals surface area contributed by atoms with Crippen LogP contribution in [0.2, 0.25) is 0 Å². The summed E-state index contributed by atoms with van der Waals surface area (Å²) >= 11 is 0. The Morgan fingerprint density at radius 1 is 1.20 bits per heavy atom. The number of nitrogens with one attached hydrogen (secondary N) is 1. The summed E-state index contributed by atoms with van der Waals surface area (Å²) in [5.74, 6) is 0. The summed E-state index contributed by atoms with van der Waals surface area (Å²) in [6, 6.07) is 1.62. The van der Waals surface area contributed by atoms with E-state index >= 15 is 0 Å². The topological polar surface area (TPSA) is 24.5 Å². The van der Waals surface area contributed by atoms with E-state index in [1.807, 2.05) is 0 Å². The van der Waals surface area contributed by atoms with E-state index in [0.29, 0.717) is 0 Å². The highest BCUT2D eigenvalue weighted by molar-refractivity contribution is 4.80. The molecule has 1 aliphatic heterocycles. The third kappa shape index (κ3) is 4.09. The molecule has 2 fully saturated rings. The molecule has 2 rings (SSSR count). The van der Waals surface area contributed by atoms with Gasteiger partial charge >= 0.3 is 0 Å². The maximum atomic E-state index is 5.38. The molecule has 0 spiro atoms. The predicted octanol–water partition coefficient (Wildman–Crippen LogP) is 1.24. The van der Waals surface area contributed by atoms with E-state index in [1.54, 1.807) is 0 Å². The Balaban J connectivity index is 1.52. The summed E-state index contributed by atoms with van der Waals surface area (Å²) in [5.41, 5.74) is 0. The van der Waals surface area contributed by atoms with Crippen LogP contribution in [-0.2, 0) is 4.74 Å². The molecule has 1 saturated heterocycles. The fourth-order valence-electron chi connectivity index (χ4n) is 2.23. The Labute approximate surface area is 93.2 Å². The molecule has 1 N–H and O–H groups in total. The molecule has 0 amide bonds. The van der Waals surface area contributed by atoms with Gasteiger partial charge in [0.15, 0.2) is 0 Å². The van der Waals surface area contributed by atoms with Crippen molar-refractivity contribution < 1.29 is 4.74 Å². The van der Waals surface area contributed by atoms with E-state index < -0.39 is 0 Å². The van der Waals surface area contributed by atoms with Crippen LogP contribution in [0.25, 0.3) is 0 Å². The summed E-state index contributed by atoms with van der Waals surface area (Å²) in [4.78, 5) is 2.51. The normalized spacial score (nSPS) is 23.6. The average molecular weight is 212 g/mol. The molecule has 0 bridgehead atoms. The molecule has 0 radical (unpaired) electrons. The van der Waals surface area contributed by atoms with Gasteiger partial charge < -0.3 is 15.0 Å². The van der Waals surface area contributed by atoms with Crippen molar-refractivity contribution in [1.82, 2.24) is 10.2 Å². The number of ether oxygens (including phenoxy) is 1. The van der Waals surface area contributed by atoms with Crippen molar-refractivity contribution in [1.29, 1.82) is 0 Å². The monoisotopic (exact) mass is 212 g/mol. The van der Waals surface area contributed by atoms with E-state index in [-0.39, 0.29) is 0 Å². The van der Waals surface area contributed by atoms with Gasteiger partial charge in [0.05, 0.1) is 0 Å². The van der Waals surface area contributed by atoms with Gasteiger partial charge in [-0.25, -0.2) is 0 Å². The molecule has 0 aromatic heterocycles. The van der Waals surface area contributed by atoms with Gasteiger partial charge in [-0.3, -0.25) is 0 Å². The van der Waals surface area contributed by atoms with E-state index in [0.717, 1.165) is 25.3 Å². The van der Waals surface area contributed by atoms with Gasteiger partial charge in [0.25, 0.3) is 0 Å². The molecule has 0 aromatic carbocycles. The van der Waals surface area contributed by atoms with Crippen LogP contribution >= 0.6 is 0 Å². The maximum absolute atomic E-state index is 5.38. The van der Waals surface area contributed by atoms with Gasteiger partial charge in [-0.05, 0) is 52.2 Å². The van der Waals surface area contributed by atoms with Gasteiger partial charge in [0.2, 0.25) is 0 Å². The minimum absolute atomic E-state index is 0.764. The summed E-state index contributed by atoms with van der Waals surface area (Å²) in [6.07, 6.45) is 6.51. The molecular formula is C12H24N2O. The van der Waals surface area contributed by atoms with Crippen LogP contribution in [0, 0.1) is 0 Å². The first-order chi connectivity index (χ1) is 7.36. The molecule has 0 aromatic rings. The van der Waals surface area contributed by atoms with Crippen molar-refractivity contribution in [3.63, 3.8) is 0 Å². The van der Waals surface area contributed by atoms with Crippen molar-refractivity contribution in [3.8, 4) is 0 Å². The molecular weight excluding hydrogens is 188 g/mol. The fraction of sp³-hybridized carbons (Fsp3) is 1.00. The lowest BCUT2D eigenvalue weighted by molar-refractivity contribution is 0.0428. The summed E-state index contributed by atoms with van der Waals surface area (Å²) < 4.78 is 5.38. The van der Waals surface area contributed by atoms with Crippen LogP contribution in [0.15, 0.2) is 0 Å². The lowest BCUT2D eigenvalue weighted by Crippen LogP contribution is -2.38. The maximum Gasteiger partial charge on any atom is 0.0480 e. The van der Waals surface area contributed by atoms with Gasteiger partial charge in [0, 0.05) is 25.3 Å². The SMILES string of the molecule is CN(CCCNC1CC1)C1CCOCC1. The van der Waals surface area contributed by atoms with Gasteiger partial charge in [-0.15, -0.1) is 0 Å². The highest BCUT2D eigenvalue weighted by Gasteiger charge is 2.20. The van der Waals surface area contributed by atoms with Crippen LogP contribution in [0.1, 0.15) is 32.1 Å². The molecule has 3 heteroatoms. The van der Waals surface area contributed by atoms with Crippen molar-refractivity contribution in [3.05, 3.63) is 0 Å². The molecule has 0 unspecified atom stereocenters. The summed E-state index contributed by atoms with van der Waals surface area (Å²) in [5, 5.41) is 3.56. The average Bonchev–Trinajstić information content (AvgIpc) is 3.09. The lowest BCUT2D eigenvalue weighted by atomic mass is 10.1. The first-order valence-electron chi connectivity index (χ1n) is 6.37. The second kappa shape index (κ2) is 5.83. The highest BCUT2D eigenvalue weighted by Crippen LogP contribution is 2.18. The number of nitrogens with zero attached hydrogens (tertiary/aromatic N) is 1. The van der Waals surface area contributed by atoms with Gasteiger partial charge in [-0.2, -0.15) is 0 Å². The third-order valence-electron chi connectivity index (χ3n) is 3.51. The Hall–Kier alpha value is -0.120. The number of rotatable bonds is 6. The zero-order valence-corrected chi connectivity index (χ0v) is 9.87.